The van der Waals surface area contributed by atoms with E-state index in [4.69, 9.17) is 0 Å². The number of amides is 1. The zero-order chi connectivity index (χ0) is 14.7. The highest BCUT2D eigenvalue weighted by molar-refractivity contribution is 5.85. The summed E-state index contributed by atoms with van der Waals surface area (Å²) in [4.78, 5) is 11.9. The molecule has 6 heteroatoms. The lowest BCUT2D eigenvalue weighted by atomic mass is 10.1. The first-order valence-electron chi connectivity index (χ1n) is 6.99. The van der Waals surface area contributed by atoms with Crippen LogP contribution < -0.4 is 10.6 Å². The smallest absolute Gasteiger partial charge is 0.223 e. The van der Waals surface area contributed by atoms with Crippen molar-refractivity contribution in [3.8, 4) is 0 Å². The van der Waals surface area contributed by atoms with Gasteiger partial charge >= 0.3 is 0 Å². The SMILES string of the molecule is CCN[C@H](C)CNC(=O)C1CC1c1cc(F)ccc1F.Cl. The monoisotopic (exact) mass is 318 g/mol. The summed E-state index contributed by atoms with van der Waals surface area (Å²) in [6.07, 6.45) is 0.585. The minimum Gasteiger partial charge on any atom is -0.354 e. The molecule has 2 N–H and O–H groups in total. The molecule has 21 heavy (non-hydrogen) atoms. The van der Waals surface area contributed by atoms with Gasteiger partial charge in [-0.15, -0.1) is 12.4 Å². The lowest BCUT2D eigenvalue weighted by molar-refractivity contribution is -0.122. The summed E-state index contributed by atoms with van der Waals surface area (Å²) in [5.74, 6) is -1.41. The number of carbonyl (C=O) groups excluding carboxylic acids is 1. The van der Waals surface area contributed by atoms with E-state index in [-0.39, 0.29) is 36.2 Å². The molecule has 118 valence electrons. The van der Waals surface area contributed by atoms with Crippen molar-refractivity contribution in [1.82, 2.24) is 10.6 Å². The fourth-order valence-corrected chi connectivity index (χ4v) is 2.43. The van der Waals surface area contributed by atoms with E-state index < -0.39 is 11.6 Å². The average Bonchev–Trinajstić information content (AvgIpc) is 3.19. The quantitative estimate of drug-likeness (QED) is 0.846. The fraction of sp³-hybridized carbons (Fsp3) is 0.533. The molecule has 0 bridgehead atoms. The zero-order valence-electron chi connectivity index (χ0n) is 12.2. The Morgan fingerprint density at radius 3 is 2.81 bits per heavy atom. The molecule has 1 fully saturated rings. The van der Waals surface area contributed by atoms with Gasteiger partial charge in [0.05, 0.1) is 0 Å². The molecule has 1 aromatic rings. The van der Waals surface area contributed by atoms with Crippen molar-refractivity contribution in [3.63, 3.8) is 0 Å². The molecule has 0 heterocycles. The maximum atomic E-state index is 13.6. The van der Waals surface area contributed by atoms with Crippen molar-refractivity contribution in [3.05, 3.63) is 35.4 Å². The maximum absolute atomic E-state index is 13.6. The number of halogens is 3. The summed E-state index contributed by atoms with van der Waals surface area (Å²) in [6, 6.07) is 3.60. The molecule has 2 rings (SSSR count). The van der Waals surface area contributed by atoms with Crippen LogP contribution in [0.15, 0.2) is 18.2 Å². The van der Waals surface area contributed by atoms with Gasteiger partial charge in [0.2, 0.25) is 5.91 Å². The van der Waals surface area contributed by atoms with Crippen molar-refractivity contribution in [1.29, 1.82) is 0 Å². The topological polar surface area (TPSA) is 41.1 Å². The van der Waals surface area contributed by atoms with E-state index in [1.54, 1.807) is 0 Å². The third-order valence-corrected chi connectivity index (χ3v) is 3.62. The Hall–Kier alpha value is -1.20. The first-order valence-corrected chi connectivity index (χ1v) is 6.99. The van der Waals surface area contributed by atoms with Crippen LogP contribution in [0.1, 0.15) is 31.7 Å². The van der Waals surface area contributed by atoms with Gasteiger partial charge in [-0.05, 0) is 49.6 Å². The van der Waals surface area contributed by atoms with Gasteiger partial charge in [-0.3, -0.25) is 4.79 Å². The second-order valence-electron chi connectivity index (χ2n) is 5.32. The minimum atomic E-state index is -0.465. The van der Waals surface area contributed by atoms with E-state index >= 15 is 0 Å². The van der Waals surface area contributed by atoms with Crippen LogP contribution >= 0.6 is 12.4 Å². The molecule has 0 radical (unpaired) electrons. The number of likely N-dealkylation sites (N-methyl/N-ethyl adjacent to an activating group) is 1. The summed E-state index contributed by atoms with van der Waals surface area (Å²) in [6.45, 7) is 5.38. The molecule has 1 saturated carbocycles. The molecule has 0 spiro atoms. The fourth-order valence-electron chi connectivity index (χ4n) is 2.43. The molecule has 3 atom stereocenters. The van der Waals surface area contributed by atoms with Gasteiger partial charge in [0.1, 0.15) is 11.6 Å². The highest BCUT2D eigenvalue weighted by Gasteiger charge is 2.45. The largest absolute Gasteiger partial charge is 0.354 e. The second-order valence-corrected chi connectivity index (χ2v) is 5.32. The van der Waals surface area contributed by atoms with Crippen molar-refractivity contribution in [2.75, 3.05) is 13.1 Å². The summed E-state index contributed by atoms with van der Waals surface area (Å²) in [5.41, 5.74) is 0.310. The number of nitrogens with one attached hydrogen (secondary N) is 2. The van der Waals surface area contributed by atoms with Crippen LogP contribution in [-0.2, 0) is 4.79 Å². The van der Waals surface area contributed by atoms with Gasteiger partial charge < -0.3 is 10.6 Å². The standard InChI is InChI=1S/C15H20F2N2O.ClH/c1-3-18-9(2)8-19-15(20)13-7-11(13)12-6-10(16)4-5-14(12)17;/h4-6,9,11,13,18H,3,7-8H2,1-2H3,(H,19,20);1H/t9-,11?,13?;/m1./s1. The first kappa shape index (κ1) is 17.9. The molecule has 2 unspecified atom stereocenters. The van der Waals surface area contributed by atoms with Crippen LogP contribution in [0.3, 0.4) is 0 Å². The number of hydrogen-bond donors (Lipinski definition) is 2. The third-order valence-electron chi connectivity index (χ3n) is 3.62. The van der Waals surface area contributed by atoms with Crippen molar-refractivity contribution in [2.45, 2.75) is 32.2 Å². The van der Waals surface area contributed by atoms with Crippen LogP contribution in [0.5, 0.6) is 0 Å². The average molecular weight is 319 g/mol. The third kappa shape index (κ3) is 4.64. The van der Waals surface area contributed by atoms with Gasteiger partial charge in [-0.1, -0.05) is 6.92 Å². The van der Waals surface area contributed by atoms with E-state index in [0.29, 0.717) is 18.5 Å². The molecular weight excluding hydrogens is 298 g/mol. The first-order chi connectivity index (χ1) is 9.52. The van der Waals surface area contributed by atoms with Crippen molar-refractivity contribution < 1.29 is 13.6 Å². The number of carbonyl (C=O) groups is 1. The normalized spacial score (nSPS) is 21.3. The van der Waals surface area contributed by atoms with Gasteiger partial charge in [-0.25, -0.2) is 8.78 Å². The molecule has 1 aromatic carbocycles. The summed E-state index contributed by atoms with van der Waals surface area (Å²) in [5, 5.41) is 6.04. The zero-order valence-corrected chi connectivity index (χ0v) is 13.0. The second kappa shape index (κ2) is 7.71. The Bertz CT molecular complexity index is 499. The van der Waals surface area contributed by atoms with Crippen LogP contribution in [-0.4, -0.2) is 25.0 Å². The summed E-state index contributed by atoms with van der Waals surface area (Å²) < 4.78 is 26.7. The van der Waals surface area contributed by atoms with Gasteiger partial charge in [0.25, 0.3) is 0 Å². The maximum Gasteiger partial charge on any atom is 0.223 e. The summed E-state index contributed by atoms with van der Waals surface area (Å²) >= 11 is 0. The predicted octanol–water partition coefficient (Wildman–Crippen LogP) is 2.60. The number of benzene rings is 1. The minimum absolute atomic E-state index is 0. The lowest BCUT2D eigenvalue weighted by Crippen LogP contribution is -2.39. The van der Waals surface area contributed by atoms with Crippen molar-refractivity contribution in [2.24, 2.45) is 5.92 Å². The molecule has 3 nitrogen and oxygen atoms in total. The van der Waals surface area contributed by atoms with E-state index in [0.717, 1.165) is 18.7 Å². The van der Waals surface area contributed by atoms with Gasteiger partial charge in [-0.2, -0.15) is 0 Å². The predicted molar refractivity (Wildman–Crippen MR) is 80.6 cm³/mol. The van der Waals surface area contributed by atoms with Crippen LogP contribution in [0.2, 0.25) is 0 Å². The van der Waals surface area contributed by atoms with Crippen LogP contribution in [0.4, 0.5) is 8.78 Å². The van der Waals surface area contributed by atoms with E-state index in [1.807, 2.05) is 13.8 Å². The molecule has 1 aliphatic rings. The van der Waals surface area contributed by atoms with E-state index in [1.165, 1.54) is 6.07 Å². The number of rotatable bonds is 6. The Labute approximate surface area is 129 Å². The molecular formula is C15H21ClF2N2O. The Morgan fingerprint density at radius 2 is 2.14 bits per heavy atom. The molecule has 0 aromatic heterocycles. The van der Waals surface area contributed by atoms with E-state index in [9.17, 15) is 13.6 Å². The van der Waals surface area contributed by atoms with Crippen LogP contribution in [0.25, 0.3) is 0 Å². The molecule has 1 aliphatic carbocycles. The molecule has 0 saturated heterocycles. The summed E-state index contributed by atoms with van der Waals surface area (Å²) in [7, 11) is 0. The van der Waals surface area contributed by atoms with E-state index in [2.05, 4.69) is 10.6 Å². The highest BCUT2D eigenvalue weighted by atomic mass is 35.5. The van der Waals surface area contributed by atoms with Gasteiger partial charge in [0, 0.05) is 18.5 Å². The Balaban J connectivity index is 0.00000220. The van der Waals surface area contributed by atoms with Crippen molar-refractivity contribution >= 4 is 18.3 Å². The van der Waals surface area contributed by atoms with Crippen LogP contribution in [0, 0.1) is 17.6 Å². The highest BCUT2D eigenvalue weighted by Crippen LogP contribution is 2.48. The molecule has 0 aliphatic heterocycles. The molecule has 1 amide bonds. The number of hydrogen-bond acceptors (Lipinski definition) is 2. The Morgan fingerprint density at radius 1 is 1.43 bits per heavy atom. The lowest BCUT2D eigenvalue weighted by Gasteiger charge is -2.13. The van der Waals surface area contributed by atoms with Gasteiger partial charge in [0.15, 0.2) is 0 Å². The Kier molecular flexibility index (Phi) is 6.55.